The molecule has 0 bridgehead atoms. The Hall–Kier alpha value is -2.95. The molecule has 142 valence electrons. The number of rotatable bonds is 5. The Kier molecular flexibility index (Phi) is 6.03. The molecule has 0 spiro atoms. The third-order valence-electron chi connectivity index (χ3n) is 4.99. The van der Waals surface area contributed by atoms with Gasteiger partial charge in [0, 0.05) is 0 Å². The van der Waals surface area contributed by atoms with Gasteiger partial charge in [0.15, 0.2) is 0 Å². The molecular weight excluding hydrogens is 367 g/mol. The van der Waals surface area contributed by atoms with E-state index < -0.39 is 7.92 Å². The van der Waals surface area contributed by atoms with Gasteiger partial charge in [-0.05, 0) is 48.8 Å². The quantitative estimate of drug-likeness (QED) is 0.279. The lowest BCUT2D eigenvalue weighted by Gasteiger charge is -2.22. The van der Waals surface area contributed by atoms with Crippen molar-refractivity contribution in [3.05, 3.63) is 125 Å². The van der Waals surface area contributed by atoms with Crippen LogP contribution >= 0.6 is 7.92 Å². The molecule has 0 heterocycles. The normalized spacial score (nSPS) is 11.3. The largest absolute Gasteiger partial charge is 0.0622 e. The number of aryl methyl sites for hydroxylation is 2. The zero-order chi connectivity index (χ0) is 20.1. The van der Waals surface area contributed by atoms with Crippen molar-refractivity contribution in [3.8, 4) is 0 Å². The predicted octanol–water partition coefficient (Wildman–Crippen LogP) is 6.23. The molecule has 0 unspecified atom stereocenters. The van der Waals surface area contributed by atoms with Gasteiger partial charge in [-0.2, -0.15) is 0 Å². The van der Waals surface area contributed by atoms with E-state index in [-0.39, 0.29) is 0 Å². The highest BCUT2D eigenvalue weighted by atomic mass is 31.1. The van der Waals surface area contributed by atoms with Crippen LogP contribution in [0.3, 0.4) is 0 Å². The molecule has 0 N–H and O–H groups in total. The molecule has 0 aliphatic carbocycles. The summed E-state index contributed by atoms with van der Waals surface area (Å²) in [7, 11) is -0.620. The van der Waals surface area contributed by atoms with Gasteiger partial charge >= 0.3 is 0 Å². The van der Waals surface area contributed by atoms with Crippen molar-refractivity contribution < 1.29 is 0 Å². The molecule has 0 aliphatic rings. The van der Waals surface area contributed by atoms with Crippen LogP contribution in [0, 0.1) is 13.8 Å². The van der Waals surface area contributed by atoms with E-state index in [0.717, 1.165) is 0 Å². The first kappa shape index (κ1) is 19.4. The first-order valence-corrected chi connectivity index (χ1v) is 11.3. The number of benzene rings is 4. The minimum atomic E-state index is -0.620. The maximum absolute atomic E-state index is 2.36. The van der Waals surface area contributed by atoms with E-state index >= 15 is 0 Å². The second kappa shape index (κ2) is 9.03. The number of hydrogen-bond donors (Lipinski definition) is 0. The van der Waals surface area contributed by atoms with Crippen LogP contribution in [-0.2, 0) is 0 Å². The molecule has 0 amide bonds. The fourth-order valence-corrected chi connectivity index (χ4v) is 5.97. The van der Waals surface area contributed by atoms with Gasteiger partial charge < -0.3 is 0 Å². The molecule has 0 aromatic heterocycles. The van der Waals surface area contributed by atoms with Crippen molar-refractivity contribution in [3.63, 3.8) is 0 Å². The molecule has 1 heteroatoms. The minimum Gasteiger partial charge on any atom is -0.0622 e. The molecule has 0 aliphatic heterocycles. The van der Waals surface area contributed by atoms with Crippen LogP contribution < -0.4 is 15.9 Å². The van der Waals surface area contributed by atoms with E-state index in [1.807, 2.05) is 0 Å². The van der Waals surface area contributed by atoms with Crippen molar-refractivity contribution >= 4 is 36.0 Å². The summed E-state index contributed by atoms with van der Waals surface area (Å²) in [5, 5.41) is 4.16. The van der Waals surface area contributed by atoms with Crippen LogP contribution in [0.5, 0.6) is 0 Å². The average molecular weight is 392 g/mol. The molecule has 0 fully saturated rings. The lowest BCUT2D eigenvalue weighted by atomic mass is 10.1. The molecule has 0 atom stereocenters. The van der Waals surface area contributed by atoms with Gasteiger partial charge in [0.2, 0.25) is 0 Å². The third-order valence-corrected chi connectivity index (χ3v) is 7.49. The molecule has 0 saturated carbocycles. The van der Waals surface area contributed by atoms with Crippen molar-refractivity contribution in [1.29, 1.82) is 0 Å². The predicted molar refractivity (Wildman–Crippen MR) is 130 cm³/mol. The Labute approximate surface area is 175 Å². The fourth-order valence-electron chi connectivity index (χ4n) is 3.43. The summed E-state index contributed by atoms with van der Waals surface area (Å²) in [6.07, 6.45) is 4.48. The summed E-state index contributed by atoms with van der Waals surface area (Å²) in [6.45, 7) is 4.30. The number of hydrogen-bond acceptors (Lipinski definition) is 0. The lowest BCUT2D eigenvalue weighted by molar-refractivity contribution is 1.46. The van der Waals surface area contributed by atoms with Crippen molar-refractivity contribution in [1.82, 2.24) is 0 Å². The third kappa shape index (κ3) is 4.73. The SMILES string of the molecule is Cc1ccc(/C=C/c2ccc(C)cc2P(c2ccccc2)c2ccccc2)cc1. The van der Waals surface area contributed by atoms with Crippen molar-refractivity contribution in [2.24, 2.45) is 0 Å². The summed E-state index contributed by atoms with van der Waals surface area (Å²) in [5.41, 5.74) is 5.10. The Bertz CT molecular complexity index is 1050. The van der Waals surface area contributed by atoms with E-state index in [0.29, 0.717) is 0 Å². The highest BCUT2D eigenvalue weighted by Gasteiger charge is 2.18. The molecule has 4 aromatic rings. The molecule has 0 saturated heterocycles. The van der Waals surface area contributed by atoms with Gasteiger partial charge in [-0.15, -0.1) is 0 Å². The highest BCUT2D eigenvalue weighted by Crippen LogP contribution is 2.35. The van der Waals surface area contributed by atoms with Gasteiger partial charge in [0.1, 0.15) is 0 Å². The van der Waals surface area contributed by atoms with Gasteiger partial charge in [-0.1, -0.05) is 126 Å². The summed E-state index contributed by atoms with van der Waals surface area (Å²) in [4.78, 5) is 0. The van der Waals surface area contributed by atoms with Crippen LogP contribution in [-0.4, -0.2) is 0 Å². The van der Waals surface area contributed by atoms with Crippen LogP contribution in [0.4, 0.5) is 0 Å². The van der Waals surface area contributed by atoms with Gasteiger partial charge in [0.25, 0.3) is 0 Å². The summed E-state index contributed by atoms with van der Waals surface area (Å²) >= 11 is 0. The first-order chi connectivity index (χ1) is 14.2. The molecule has 4 aromatic carbocycles. The molecule has 0 radical (unpaired) electrons. The van der Waals surface area contributed by atoms with E-state index in [4.69, 9.17) is 0 Å². The monoisotopic (exact) mass is 392 g/mol. The zero-order valence-electron chi connectivity index (χ0n) is 16.9. The van der Waals surface area contributed by atoms with Crippen molar-refractivity contribution in [2.75, 3.05) is 0 Å². The Balaban J connectivity index is 1.82. The highest BCUT2D eigenvalue weighted by molar-refractivity contribution is 7.80. The van der Waals surface area contributed by atoms with E-state index in [1.165, 1.54) is 38.2 Å². The fraction of sp³-hybridized carbons (Fsp3) is 0.0714. The average Bonchev–Trinajstić information content (AvgIpc) is 2.76. The van der Waals surface area contributed by atoms with Crippen LogP contribution in [0.2, 0.25) is 0 Å². The van der Waals surface area contributed by atoms with Crippen molar-refractivity contribution in [2.45, 2.75) is 13.8 Å². The van der Waals surface area contributed by atoms with Crippen LogP contribution in [0.1, 0.15) is 22.3 Å². The molecule has 29 heavy (non-hydrogen) atoms. The van der Waals surface area contributed by atoms with E-state index in [9.17, 15) is 0 Å². The first-order valence-electron chi connectivity index (χ1n) is 9.96. The van der Waals surface area contributed by atoms with Crippen LogP contribution in [0.15, 0.2) is 103 Å². The van der Waals surface area contributed by atoms with E-state index in [1.54, 1.807) is 0 Å². The standard InChI is InChI=1S/C28H25P/c1-22-13-16-24(17-14-22)18-20-25-19-15-23(2)21-28(25)29(26-9-5-3-6-10-26)27-11-7-4-8-12-27/h3-21H,1-2H3/b20-18+. The van der Waals surface area contributed by atoms with Gasteiger partial charge in [-0.25, -0.2) is 0 Å². The summed E-state index contributed by atoms with van der Waals surface area (Å²) in [6, 6.07) is 37.3. The smallest absolute Gasteiger partial charge is 0.00760 e. The maximum Gasteiger partial charge on any atom is -0.00760 e. The van der Waals surface area contributed by atoms with E-state index in [2.05, 4.69) is 129 Å². The molecule has 0 nitrogen and oxygen atoms in total. The summed E-state index contributed by atoms with van der Waals surface area (Å²) < 4.78 is 0. The second-order valence-corrected chi connectivity index (χ2v) is 9.50. The topological polar surface area (TPSA) is 0 Å². The van der Waals surface area contributed by atoms with Gasteiger partial charge in [-0.3, -0.25) is 0 Å². The Morgan fingerprint density at radius 2 is 1.10 bits per heavy atom. The minimum absolute atomic E-state index is 0.620. The zero-order valence-corrected chi connectivity index (χ0v) is 17.8. The Morgan fingerprint density at radius 1 is 0.552 bits per heavy atom. The Morgan fingerprint density at radius 3 is 1.69 bits per heavy atom. The maximum atomic E-state index is 2.36. The molecule has 4 rings (SSSR count). The lowest BCUT2D eigenvalue weighted by Crippen LogP contribution is -2.22. The van der Waals surface area contributed by atoms with Crippen LogP contribution in [0.25, 0.3) is 12.2 Å². The van der Waals surface area contributed by atoms with Gasteiger partial charge in [0.05, 0.1) is 0 Å². The summed E-state index contributed by atoms with van der Waals surface area (Å²) in [5.74, 6) is 0. The second-order valence-electron chi connectivity index (χ2n) is 7.31. The molecular formula is C28H25P.